The van der Waals surface area contributed by atoms with E-state index < -0.39 is 0 Å². The molecule has 0 aromatic carbocycles. The van der Waals surface area contributed by atoms with E-state index in [0.29, 0.717) is 12.6 Å². The van der Waals surface area contributed by atoms with Crippen LogP contribution in [0.15, 0.2) is 24.1 Å². The maximum atomic E-state index is 8.83. The molecule has 0 atom stereocenters. The van der Waals surface area contributed by atoms with Crippen LogP contribution in [0.4, 0.5) is 0 Å². The molecule has 11 heavy (non-hydrogen) atoms. The van der Waals surface area contributed by atoms with Gasteiger partial charge in [0.05, 0.1) is 13.2 Å². The second-order valence-electron chi connectivity index (χ2n) is 2.10. The fourth-order valence-corrected chi connectivity index (χ4v) is 0.870. The monoisotopic (exact) mass is 154 g/mol. The fourth-order valence-electron chi connectivity index (χ4n) is 0.870. The number of hydrogen-bond donors (Lipinski definition) is 2. The number of ether oxygens (including phenoxy) is 1. The molecule has 1 aliphatic rings. The van der Waals surface area contributed by atoms with Crippen LogP contribution >= 0.6 is 0 Å². The lowest BCUT2D eigenvalue weighted by molar-refractivity contribution is 0.200. The van der Waals surface area contributed by atoms with Gasteiger partial charge in [-0.1, -0.05) is 0 Å². The Morgan fingerprint density at radius 2 is 2.45 bits per heavy atom. The zero-order chi connectivity index (χ0) is 8.10. The second-order valence-corrected chi connectivity index (χ2v) is 2.10. The number of rotatable bonds is 3. The molecule has 3 nitrogen and oxygen atoms in total. The highest BCUT2D eigenvalue weighted by Crippen LogP contribution is 2.14. The van der Waals surface area contributed by atoms with Crippen LogP contribution in [0.5, 0.6) is 0 Å². The lowest BCUT2D eigenvalue weighted by atomic mass is 10.2. The van der Waals surface area contributed by atoms with E-state index in [-0.39, 0.29) is 6.61 Å². The molecule has 0 aliphatic carbocycles. The molecular formula is C8H12NO2. The summed E-state index contributed by atoms with van der Waals surface area (Å²) in [5.41, 5.74) is 0. The highest BCUT2D eigenvalue weighted by molar-refractivity contribution is 5.27. The number of dihydropyridines is 1. The van der Waals surface area contributed by atoms with Gasteiger partial charge in [0.2, 0.25) is 0 Å². The van der Waals surface area contributed by atoms with Gasteiger partial charge in [0.1, 0.15) is 5.76 Å². The Morgan fingerprint density at radius 1 is 1.64 bits per heavy atom. The first-order chi connectivity index (χ1) is 5.38. The van der Waals surface area contributed by atoms with Crippen LogP contribution in [0.25, 0.3) is 0 Å². The molecule has 0 spiro atoms. The summed E-state index contributed by atoms with van der Waals surface area (Å²) < 4.78 is 5.24. The van der Waals surface area contributed by atoms with Crippen molar-refractivity contribution < 1.29 is 9.84 Å². The Balaban J connectivity index is 2.55. The minimum absolute atomic E-state index is 0.0177. The average Bonchev–Trinajstić information content (AvgIpc) is 2.06. The van der Waals surface area contributed by atoms with Gasteiger partial charge < -0.3 is 15.2 Å². The fraction of sp³-hybridized carbons (Fsp3) is 0.375. The first-order valence-electron chi connectivity index (χ1n) is 3.61. The lowest BCUT2D eigenvalue weighted by Gasteiger charge is -2.19. The van der Waals surface area contributed by atoms with Gasteiger partial charge in [-0.05, 0) is 25.3 Å². The van der Waals surface area contributed by atoms with Crippen LogP contribution in [0, 0.1) is 6.04 Å². The van der Waals surface area contributed by atoms with Crippen molar-refractivity contribution in [2.75, 3.05) is 13.2 Å². The van der Waals surface area contributed by atoms with E-state index in [1.54, 1.807) is 6.20 Å². The van der Waals surface area contributed by atoms with E-state index >= 15 is 0 Å². The van der Waals surface area contributed by atoms with Gasteiger partial charge in [-0.25, -0.2) is 0 Å². The largest absolute Gasteiger partial charge is 0.496 e. The van der Waals surface area contributed by atoms with Gasteiger partial charge in [-0.15, -0.1) is 0 Å². The van der Waals surface area contributed by atoms with Gasteiger partial charge in [0, 0.05) is 0 Å². The molecule has 0 saturated heterocycles. The lowest BCUT2D eigenvalue weighted by Crippen LogP contribution is -2.24. The second kappa shape index (κ2) is 4.03. The van der Waals surface area contributed by atoms with Crippen LogP contribution in [-0.4, -0.2) is 18.3 Å². The highest BCUT2D eigenvalue weighted by atomic mass is 16.5. The molecule has 0 saturated carbocycles. The first-order valence-corrected chi connectivity index (χ1v) is 3.61. The van der Waals surface area contributed by atoms with Crippen molar-refractivity contribution in [3.05, 3.63) is 30.2 Å². The van der Waals surface area contributed by atoms with Crippen LogP contribution in [0.3, 0.4) is 0 Å². The minimum Gasteiger partial charge on any atom is -0.496 e. The van der Waals surface area contributed by atoms with Crippen molar-refractivity contribution in [1.82, 2.24) is 5.32 Å². The van der Waals surface area contributed by atoms with Gasteiger partial charge in [-0.3, -0.25) is 0 Å². The topological polar surface area (TPSA) is 41.5 Å². The smallest absolute Gasteiger partial charge is 0.151 e. The molecule has 1 rings (SSSR count). The van der Waals surface area contributed by atoms with Crippen molar-refractivity contribution in [1.29, 1.82) is 0 Å². The Hall–Kier alpha value is -0.960. The Kier molecular flexibility index (Phi) is 2.98. The highest BCUT2D eigenvalue weighted by Gasteiger charge is 2.15. The van der Waals surface area contributed by atoms with Gasteiger partial charge in [-0.2, -0.15) is 0 Å². The zero-order valence-corrected chi connectivity index (χ0v) is 6.50. The number of aliphatic hydroxyl groups is 1. The van der Waals surface area contributed by atoms with E-state index in [0.717, 1.165) is 5.76 Å². The van der Waals surface area contributed by atoms with E-state index in [1.807, 2.05) is 19.1 Å². The van der Waals surface area contributed by atoms with Crippen molar-refractivity contribution in [3.8, 4) is 0 Å². The molecule has 0 amide bonds. The van der Waals surface area contributed by atoms with Crippen molar-refractivity contribution in [3.63, 3.8) is 0 Å². The predicted octanol–water partition coefficient (Wildman–Crippen LogP) is 0.548. The van der Waals surface area contributed by atoms with Crippen LogP contribution in [0.1, 0.15) is 6.92 Å². The molecule has 2 N–H and O–H groups in total. The summed E-state index contributed by atoms with van der Waals surface area (Å²) in [6.07, 6.45) is 5.42. The SMILES string of the molecule is CCOC1=CC=CN[C]1CO. The number of aliphatic hydroxyl groups excluding tert-OH is 1. The number of hydrogen-bond acceptors (Lipinski definition) is 3. The predicted molar refractivity (Wildman–Crippen MR) is 42.3 cm³/mol. The molecule has 0 aromatic rings. The molecule has 0 aromatic heterocycles. The molecule has 0 fully saturated rings. The maximum Gasteiger partial charge on any atom is 0.151 e. The molecule has 3 heteroatoms. The van der Waals surface area contributed by atoms with Crippen LogP contribution in [0.2, 0.25) is 0 Å². The van der Waals surface area contributed by atoms with Gasteiger partial charge >= 0.3 is 0 Å². The maximum absolute atomic E-state index is 8.83. The standard InChI is InChI=1S/C8H12NO2/c1-2-11-8-4-3-5-9-7(8)6-10/h3-5,9-10H,2,6H2,1H3. The van der Waals surface area contributed by atoms with E-state index in [4.69, 9.17) is 9.84 Å². The first kappa shape index (κ1) is 8.14. The van der Waals surface area contributed by atoms with Gasteiger partial charge in [0.25, 0.3) is 0 Å². The van der Waals surface area contributed by atoms with E-state index in [1.165, 1.54) is 0 Å². The third-order valence-electron chi connectivity index (χ3n) is 1.36. The summed E-state index contributed by atoms with van der Waals surface area (Å²) in [5.74, 6) is 0.720. The Bertz CT molecular complexity index is 175. The Labute approximate surface area is 66.4 Å². The summed E-state index contributed by atoms with van der Waals surface area (Å²) in [5, 5.41) is 11.7. The molecule has 1 aliphatic heterocycles. The van der Waals surface area contributed by atoms with Crippen molar-refractivity contribution in [2.45, 2.75) is 6.92 Å². The van der Waals surface area contributed by atoms with Crippen molar-refractivity contribution >= 4 is 0 Å². The van der Waals surface area contributed by atoms with Crippen LogP contribution < -0.4 is 5.32 Å². The molecule has 1 radical (unpaired) electrons. The van der Waals surface area contributed by atoms with Crippen molar-refractivity contribution in [2.24, 2.45) is 0 Å². The molecule has 0 unspecified atom stereocenters. The van der Waals surface area contributed by atoms with E-state index in [2.05, 4.69) is 5.32 Å². The normalized spacial score (nSPS) is 17.5. The van der Waals surface area contributed by atoms with Gasteiger partial charge in [0.15, 0.2) is 6.04 Å². The minimum atomic E-state index is -0.0177. The molecule has 61 valence electrons. The summed E-state index contributed by atoms with van der Waals surface area (Å²) in [6, 6.07) is 0.717. The molecular weight excluding hydrogens is 142 g/mol. The zero-order valence-electron chi connectivity index (χ0n) is 6.50. The molecule has 0 bridgehead atoms. The number of nitrogens with one attached hydrogen (secondary N) is 1. The average molecular weight is 154 g/mol. The summed E-state index contributed by atoms with van der Waals surface area (Å²) in [4.78, 5) is 0. The van der Waals surface area contributed by atoms with Crippen LogP contribution in [-0.2, 0) is 4.74 Å². The van der Waals surface area contributed by atoms with E-state index in [9.17, 15) is 0 Å². The summed E-state index contributed by atoms with van der Waals surface area (Å²) in [6.45, 7) is 2.51. The third kappa shape index (κ3) is 1.98. The summed E-state index contributed by atoms with van der Waals surface area (Å²) in [7, 11) is 0. The quantitative estimate of drug-likeness (QED) is 0.623. The summed E-state index contributed by atoms with van der Waals surface area (Å²) >= 11 is 0. The third-order valence-corrected chi connectivity index (χ3v) is 1.36. The molecule has 1 heterocycles. The number of allylic oxidation sites excluding steroid dienone is 2. The Morgan fingerprint density at radius 3 is 3.09 bits per heavy atom.